The molecule has 1 saturated heterocycles. The number of nitrogens with zero attached hydrogens (tertiary/aromatic N) is 1. The fourth-order valence-electron chi connectivity index (χ4n) is 3.83. The van der Waals surface area contributed by atoms with Gasteiger partial charge >= 0.3 is 19.4 Å². The lowest BCUT2D eigenvalue weighted by atomic mass is 9.82. The molecule has 204 valence electrons. The Hall–Kier alpha value is -2.80. The number of aromatic amines is 1. The zero-order valence-electron chi connectivity index (χ0n) is 20.9. The number of aromatic nitrogens is 2. The minimum atomic E-state index is -4.36. The maximum atomic E-state index is 13.7. The van der Waals surface area contributed by atoms with E-state index in [9.17, 15) is 29.2 Å². The molecule has 5 atom stereocenters. The number of hydrogen-bond donors (Lipinski definition) is 4. The van der Waals surface area contributed by atoms with Gasteiger partial charge in [0.1, 0.15) is 23.0 Å². The molecular weight excluding hydrogens is 509 g/mol. The fourth-order valence-corrected chi connectivity index (χ4v) is 5.37. The van der Waals surface area contributed by atoms with Crippen molar-refractivity contribution in [2.75, 3.05) is 13.2 Å². The third-order valence-electron chi connectivity index (χ3n) is 5.84. The summed E-state index contributed by atoms with van der Waals surface area (Å²) in [7, 11) is -4.36. The summed E-state index contributed by atoms with van der Waals surface area (Å²) in [6, 6.07) is 7.97. The Morgan fingerprint density at radius 2 is 1.92 bits per heavy atom. The summed E-state index contributed by atoms with van der Waals surface area (Å²) in [5.41, 5.74) is -5.77. The van der Waals surface area contributed by atoms with Crippen LogP contribution in [-0.4, -0.2) is 62.3 Å². The highest BCUT2D eigenvalue weighted by molar-refractivity contribution is 7.52. The van der Waals surface area contributed by atoms with Crippen molar-refractivity contribution in [1.82, 2.24) is 14.6 Å². The average Bonchev–Trinajstić information content (AvgIpc) is 3.09. The summed E-state index contributed by atoms with van der Waals surface area (Å²) in [5, 5.41) is 25.3. The minimum Gasteiger partial charge on any atom is -0.462 e. The van der Waals surface area contributed by atoms with E-state index in [1.807, 2.05) is 0 Å². The van der Waals surface area contributed by atoms with Crippen LogP contribution in [0.5, 0.6) is 5.75 Å². The molecule has 3 unspecified atom stereocenters. The molecule has 0 bridgehead atoms. The lowest BCUT2D eigenvalue weighted by Gasteiger charge is -2.39. The summed E-state index contributed by atoms with van der Waals surface area (Å²) < 4.78 is 36.5. The van der Waals surface area contributed by atoms with Gasteiger partial charge in [0.2, 0.25) is 0 Å². The van der Waals surface area contributed by atoms with E-state index < -0.39 is 67.8 Å². The lowest BCUT2D eigenvalue weighted by Crippen LogP contribution is -2.58. The van der Waals surface area contributed by atoms with Crippen LogP contribution in [0.1, 0.15) is 40.3 Å². The first-order valence-corrected chi connectivity index (χ1v) is 13.2. The van der Waals surface area contributed by atoms with Gasteiger partial charge in [-0.25, -0.2) is 9.36 Å². The normalized spacial score (nSPS) is 26.0. The molecule has 0 aliphatic carbocycles. The Bertz CT molecular complexity index is 1250. The monoisotopic (exact) mass is 541 g/mol. The topological polar surface area (TPSA) is 178 Å². The molecule has 4 N–H and O–H groups in total. The Balaban J connectivity index is 1.87. The Morgan fingerprint density at radius 1 is 1.24 bits per heavy atom. The number of carbonyl (C=O) groups excluding carboxylic acids is 1. The van der Waals surface area contributed by atoms with Crippen molar-refractivity contribution in [2.45, 2.75) is 63.7 Å². The number of rotatable bonds is 11. The number of nitrogens with one attached hydrogen (secondary N) is 2. The summed E-state index contributed by atoms with van der Waals surface area (Å²) in [6.45, 7) is 4.99. The minimum absolute atomic E-state index is 0.114. The highest BCUT2D eigenvalue weighted by Gasteiger charge is 2.61. The molecule has 1 aromatic heterocycles. The van der Waals surface area contributed by atoms with E-state index in [1.165, 1.54) is 19.1 Å². The van der Waals surface area contributed by atoms with Crippen LogP contribution in [0, 0.1) is 0 Å². The van der Waals surface area contributed by atoms with E-state index in [0.717, 1.165) is 16.8 Å². The SMILES string of the molecule is CC[C@]1(O)[C@H](n2ccc(=O)[nH]c2=O)OCC1(O)COP(=O)(NC(C)C(=O)OC(C)C)Oc1ccccc1. The van der Waals surface area contributed by atoms with E-state index in [4.69, 9.17) is 18.5 Å². The highest BCUT2D eigenvalue weighted by Crippen LogP contribution is 2.49. The number of carbonyl (C=O) groups is 1. The van der Waals surface area contributed by atoms with Crippen molar-refractivity contribution < 1.29 is 38.1 Å². The first-order chi connectivity index (χ1) is 17.3. The number of aliphatic hydroxyl groups is 2. The van der Waals surface area contributed by atoms with Crippen molar-refractivity contribution in [3.63, 3.8) is 0 Å². The van der Waals surface area contributed by atoms with E-state index in [-0.39, 0.29) is 12.2 Å². The largest absolute Gasteiger partial charge is 0.462 e. The number of hydrogen-bond acceptors (Lipinski definition) is 10. The molecule has 0 spiro atoms. The molecule has 1 aliphatic heterocycles. The van der Waals surface area contributed by atoms with Gasteiger partial charge in [-0.2, -0.15) is 5.09 Å². The molecule has 0 amide bonds. The second-order valence-electron chi connectivity index (χ2n) is 9.00. The standard InChI is InChI=1S/C23H32N3O10P/c1-5-23(31)20(26-12-11-18(27)24-21(26)29)33-13-22(23,30)14-34-37(32,36-17-9-7-6-8-10-17)25-16(4)19(28)35-15(2)3/h6-12,15-16,20,30-31H,5,13-14H2,1-4H3,(H,25,32)(H,24,27,29)/t16?,20-,22?,23+,37?/m1/s1. The summed E-state index contributed by atoms with van der Waals surface area (Å²) in [6.07, 6.45) is -0.794. The Kier molecular flexibility index (Phi) is 8.78. The average molecular weight is 541 g/mol. The van der Waals surface area contributed by atoms with E-state index in [1.54, 1.807) is 39.0 Å². The summed E-state index contributed by atoms with van der Waals surface area (Å²) in [5.74, 6) is -0.554. The molecular formula is C23H32N3O10P. The molecule has 1 fully saturated rings. The van der Waals surface area contributed by atoms with E-state index in [2.05, 4.69) is 10.1 Å². The molecule has 3 rings (SSSR count). The third-order valence-corrected chi connectivity index (χ3v) is 7.46. The molecule has 2 aromatic rings. The summed E-state index contributed by atoms with van der Waals surface area (Å²) >= 11 is 0. The van der Waals surface area contributed by atoms with E-state index in [0.29, 0.717) is 0 Å². The number of para-hydroxylation sites is 1. The predicted molar refractivity (Wildman–Crippen MR) is 131 cm³/mol. The maximum Gasteiger partial charge on any atom is 0.459 e. The number of H-pyrrole nitrogens is 1. The van der Waals surface area contributed by atoms with Crippen LogP contribution >= 0.6 is 7.75 Å². The van der Waals surface area contributed by atoms with Crippen molar-refractivity contribution in [3.8, 4) is 5.75 Å². The fraction of sp³-hybridized carbons (Fsp3) is 0.522. The van der Waals surface area contributed by atoms with Crippen molar-refractivity contribution in [3.05, 3.63) is 63.4 Å². The second kappa shape index (κ2) is 11.3. The van der Waals surface area contributed by atoms with Crippen LogP contribution in [0.3, 0.4) is 0 Å². The van der Waals surface area contributed by atoms with Crippen LogP contribution in [0.15, 0.2) is 52.2 Å². The molecule has 1 aromatic carbocycles. The van der Waals surface area contributed by atoms with Crippen molar-refractivity contribution in [2.24, 2.45) is 0 Å². The van der Waals surface area contributed by atoms with Crippen LogP contribution in [0.4, 0.5) is 0 Å². The van der Waals surface area contributed by atoms with Crippen LogP contribution in [-0.2, 0) is 23.4 Å². The van der Waals surface area contributed by atoms with Gasteiger partial charge in [-0.05, 0) is 39.3 Å². The number of benzene rings is 1. The van der Waals surface area contributed by atoms with Crippen LogP contribution in [0.2, 0.25) is 0 Å². The molecule has 1 aliphatic rings. The maximum absolute atomic E-state index is 13.7. The zero-order chi connectivity index (χ0) is 27.4. The van der Waals surface area contributed by atoms with E-state index >= 15 is 0 Å². The zero-order valence-corrected chi connectivity index (χ0v) is 21.8. The first-order valence-electron chi connectivity index (χ1n) is 11.7. The van der Waals surface area contributed by atoms with Gasteiger partial charge in [-0.15, -0.1) is 0 Å². The molecule has 13 nitrogen and oxygen atoms in total. The van der Waals surface area contributed by atoms with Gasteiger partial charge in [-0.1, -0.05) is 25.1 Å². The third kappa shape index (κ3) is 6.38. The molecule has 37 heavy (non-hydrogen) atoms. The highest BCUT2D eigenvalue weighted by atomic mass is 31.2. The van der Waals surface area contributed by atoms with Gasteiger partial charge in [-0.3, -0.25) is 23.7 Å². The van der Waals surface area contributed by atoms with Gasteiger partial charge in [0.25, 0.3) is 5.56 Å². The number of esters is 1. The van der Waals surface area contributed by atoms with Crippen LogP contribution < -0.4 is 20.9 Å². The second-order valence-corrected chi connectivity index (χ2v) is 10.7. The molecule has 2 heterocycles. The predicted octanol–water partition coefficient (Wildman–Crippen LogP) is 1.07. The van der Waals surface area contributed by atoms with Crippen molar-refractivity contribution >= 4 is 13.7 Å². The quantitative estimate of drug-likeness (QED) is 0.236. The molecule has 14 heteroatoms. The summed E-state index contributed by atoms with van der Waals surface area (Å²) in [4.78, 5) is 38.1. The smallest absolute Gasteiger partial charge is 0.459 e. The lowest BCUT2D eigenvalue weighted by molar-refractivity contribution is -0.166. The van der Waals surface area contributed by atoms with Gasteiger partial charge in [0.15, 0.2) is 6.23 Å². The first kappa shape index (κ1) is 28.8. The molecule has 0 radical (unpaired) electrons. The molecule has 0 saturated carbocycles. The number of ether oxygens (including phenoxy) is 2. The van der Waals surface area contributed by atoms with Gasteiger partial charge in [0, 0.05) is 12.3 Å². The van der Waals surface area contributed by atoms with Gasteiger partial charge in [0.05, 0.1) is 19.3 Å². The van der Waals surface area contributed by atoms with Gasteiger partial charge < -0.3 is 24.2 Å². The van der Waals surface area contributed by atoms with Crippen molar-refractivity contribution in [1.29, 1.82) is 0 Å². The van der Waals surface area contributed by atoms with Crippen LogP contribution in [0.25, 0.3) is 0 Å². The Labute approximate surface area is 212 Å². The Morgan fingerprint density at radius 3 is 2.51 bits per heavy atom.